The highest BCUT2D eigenvalue weighted by Gasteiger charge is 2.30. The Morgan fingerprint density at radius 2 is 2.21 bits per heavy atom. The van der Waals surface area contributed by atoms with Gasteiger partial charge in [-0.3, -0.25) is 9.69 Å². The summed E-state index contributed by atoms with van der Waals surface area (Å²) in [4.78, 5) is 14.6. The van der Waals surface area contributed by atoms with Crippen molar-refractivity contribution in [3.05, 3.63) is 53.4 Å². The van der Waals surface area contributed by atoms with Gasteiger partial charge in [-0.2, -0.15) is 0 Å². The monoisotopic (exact) mass is 329 g/mol. The minimum atomic E-state index is -0.253. The van der Waals surface area contributed by atoms with Gasteiger partial charge in [0.15, 0.2) is 5.69 Å². The molecule has 1 aromatic carbocycles. The van der Waals surface area contributed by atoms with Gasteiger partial charge in [-0.25, -0.2) is 0 Å². The molecule has 1 amide bonds. The first-order chi connectivity index (χ1) is 11.7. The fourth-order valence-electron chi connectivity index (χ4n) is 3.15. The van der Waals surface area contributed by atoms with Crippen LogP contribution in [0.25, 0.3) is 0 Å². The minimum absolute atomic E-state index is 0.0639. The van der Waals surface area contributed by atoms with E-state index >= 15 is 0 Å². The van der Waals surface area contributed by atoms with Gasteiger partial charge in [0.2, 0.25) is 0 Å². The number of aromatic nitrogens is 1. The summed E-state index contributed by atoms with van der Waals surface area (Å²) in [5.41, 5.74) is 1.53. The average molecular weight is 329 g/mol. The molecule has 0 saturated carbocycles. The summed E-state index contributed by atoms with van der Waals surface area (Å²) in [6.45, 7) is 4.29. The molecule has 1 aliphatic rings. The Kier molecular flexibility index (Phi) is 5.27. The summed E-state index contributed by atoms with van der Waals surface area (Å²) >= 11 is 0. The Labute approximate surface area is 141 Å². The smallest absolute Gasteiger partial charge is 0.273 e. The highest BCUT2D eigenvalue weighted by Crippen LogP contribution is 2.20. The first-order valence-electron chi connectivity index (χ1n) is 8.27. The molecule has 1 aromatic heterocycles. The number of aliphatic hydroxyl groups excluding tert-OH is 1. The summed E-state index contributed by atoms with van der Waals surface area (Å²) in [7, 11) is 0. The number of likely N-dealkylation sites (tertiary alicyclic amines) is 1. The zero-order valence-corrected chi connectivity index (χ0v) is 13.8. The summed E-state index contributed by atoms with van der Waals surface area (Å²) in [6, 6.07) is 11.8. The number of nitrogens with one attached hydrogen (secondary N) is 1. The number of aliphatic hydroxyl groups is 1. The van der Waals surface area contributed by atoms with Crippen LogP contribution in [0.15, 0.2) is 40.9 Å². The van der Waals surface area contributed by atoms with Gasteiger partial charge in [-0.05, 0) is 25.5 Å². The number of amides is 1. The van der Waals surface area contributed by atoms with Gasteiger partial charge in [0, 0.05) is 37.7 Å². The number of hydrogen-bond acceptors (Lipinski definition) is 5. The molecule has 0 radical (unpaired) electrons. The maximum Gasteiger partial charge on any atom is 0.273 e. The first-order valence-corrected chi connectivity index (χ1v) is 8.27. The van der Waals surface area contributed by atoms with E-state index in [0.717, 1.165) is 19.5 Å². The molecular formula is C18H23N3O3. The lowest BCUT2D eigenvalue weighted by atomic mass is 9.91. The molecule has 6 heteroatoms. The van der Waals surface area contributed by atoms with E-state index in [1.807, 2.05) is 18.2 Å². The Bertz CT molecular complexity index is 671. The lowest BCUT2D eigenvalue weighted by Crippen LogP contribution is -2.53. The Morgan fingerprint density at radius 1 is 1.42 bits per heavy atom. The topological polar surface area (TPSA) is 78.6 Å². The second kappa shape index (κ2) is 7.59. The lowest BCUT2D eigenvalue weighted by Gasteiger charge is -2.38. The largest absolute Gasteiger partial charge is 0.396 e. The molecule has 6 nitrogen and oxygen atoms in total. The third-order valence-corrected chi connectivity index (χ3v) is 4.50. The average Bonchev–Trinajstić information content (AvgIpc) is 3.03. The molecule has 128 valence electrons. The van der Waals surface area contributed by atoms with Crippen LogP contribution in [0, 0.1) is 12.8 Å². The van der Waals surface area contributed by atoms with E-state index in [4.69, 9.17) is 4.52 Å². The van der Waals surface area contributed by atoms with Crippen molar-refractivity contribution in [2.75, 3.05) is 19.7 Å². The molecule has 1 saturated heterocycles. The van der Waals surface area contributed by atoms with Crippen LogP contribution in [0.5, 0.6) is 0 Å². The SMILES string of the molecule is Cc1cc(C(=O)NC2CN(Cc3ccccc3)CCC2CO)no1. The van der Waals surface area contributed by atoms with Crippen molar-refractivity contribution in [3.8, 4) is 0 Å². The van der Waals surface area contributed by atoms with Gasteiger partial charge in [0.05, 0.1) is 0 Å². The number of piperidine rings is 1. The molecule has 2 heterocycles. The predicted molar refractivity (Wildman–Crippen MR) is 89.4 cm³/mol. The molecule has 0 bridgehead atoms. The molecule has 2 atom stereocenters. The van der Waals surface area contributed by atoms with Crippen LogP contribution in [-0.2, 0) is 6.54 Å². The Hall–Kier alpha value is -2.18. The highest BCUT2D eigenvalue weighted by atomic mass is 16.5. The Balaban J connectivity index is 1.64. The van der Waals surface area contributed by atoms with E-state index < -0.39 is 0 Å². The van der Waals surface area contributed by atoms with Crippen molar-refractivity contribution < 1.29 is 14.4 Å². The summed E-state index contributed by atoms with van der Waals surface area (Å²) in [5, 5.41) is 16.4. The number of carbonyl (C=O) groups excluding carboxylic acids is 1. The number of hydrogen-bond donors (Lipinski definition) is 2. The van der Waals surface area contributed by atoms with Crippen molar-refractivity contribution in [1.29, 1.82) is 0 Å². The summed E-state index contributed by atoms with van der Waals surface area (Å²) in [6.07, 6.45) is 0.853. The summed E-state index contributed by atoms with van der Waals surface area (Å²) in [5.74, 6) is 0.416. The van der Waals surface area contributed by atoms with E-state index in [9.17, 15) is 9.90 Å². The van der Waals surface area contributed by atoms with Crippen LogP contribution in [-0.4, -0.2) is 46.8 Å². The number of nitrogens with zero attached hydrogens (tertiary/aromatic N) is 2. The summed E-state index contributed by atoms with van der Waals surface area (Å²) < 4.78 is 4.96. The zero-order valence-electron chi connectivity index (χ0n) is 13.8. The standard InChI is InChI=1S/C18H23N3O3/c1-13-9-16(20-24-13)18(23)19-17-11-21(8-7-15(17)12-22)10-14-5-3-2-4-6-14/h2-6,9,15,17,22H,7-8,10-12H2,1H3,(H,19,23). The second-order valence-electron chi connectivity index (χ2n) is 6.35. The van der Waals surface area contributed by atoms with Crippen LogP contribution >= 0.6 is 0 Å². The van der Waals surface area contributed by atoms with Gasteiger partial charge in [0.25, 0.3) is 5.91 Å². The van der Waals surface area contributed by atoms with E-state index in [1.54, 1.807) is 13.0 Å². The maximum absolute atomic E-state index is 12.3. The van der Waals surface area contributed by atoms with Gasteiger partial charge in [-0.1, -0.05) is 35.5 Å². The van der Waals surface area contributed by atoms with Crippen LogP contribution in [0.1, 0.15) is 28.2 Å². The van der Waals surface area contributed by atoms with E-state index in [2.05, 4.69) is 27.5 Å². The van der Waals surface area contributed by atoms with Crippen LogP contribution < -0.4 is 5.32 Å². The molecular weight excluding hydrogens is 306 g/mol. The molecule has 2 unspecified atom stereocenters. The van der Waals surface area contributed by atoms with Crippen molar-refractivity contribution in [2.45, 2.75) is 25.9 Å². The first kappa shape index (κ1) is 16.7. The Morgan fingerprint density at radius 3 is 2.88 bits per heavy atom. The van der Waals surface area contributed by atoms with E-state index in [1.165, 1.54) is 5.56 Å². The molecule has 24 heavy (non-hydrogen) atoms. The number of aryl methyl sites for hydroxylation is 1. The number of benzene rings is 1. The second-order valence-corrected chi connectivity index (χ2v) is 6.35. The van der Waals surface area contributed by atoms with Crippen molar-refractivity contribution in [1.82, 2.24) is 15.4 Å². The third-order valence-electron chi connectivity index (χ3n) is 4.50. The molecule has 2 aromatic rings. The fraction of sp³-hybridized carbons (Fsp3) is 0.444. The minimum Gasteiger partial charge on any atom is -0.396 e. The lowest BCUT2D eigenvalue weighted by molar-refractivity contribution is 0.0724. The molecule has 1 aliphatic heterocycles. The van der Waals surface area contributed by atoms with Gasteiger partial charge in [-0.15, -0.1) is 0 Å². The maximum atomic E-state index is 12.3. The van der Waals surface area contributed by atoms with Crippen molar-refractivity contribution in [2.24, 2.45) is 5.92 Å². The zero-order chi connectivity index (χ0) is 16.9. The van der Waals surface area contributed by atoms with E-state index in [0.29, 0.717) is 12.3 Å². The van der Waals surface area contributed by atoms with Crippen molar-refractivity contribution in [3.63, 3.8) is 0 Å². The van der Waals surface area contributed by atoms with Gasteiger partial charge >= 0.3 is 0 Å². The predicted octanol–water partition coefficient (Wildman–Crippen LogP) is 1.60. The van der Waals surface area contributed by atoms with Crippen LogP contribution in [0.4, 0.5) is 0 Å². The normalized spacial score (nSPS) is 21.6. The molecule has 0 aliphatic carbocycles. The molecule has 3 rings (SSSR count). The third kappa shape index (κ3) is 4.01. The van der Waals surface area contributed by atoms with E-state index in [-0.39, 0.29) is 30.2 Å². The van der Waals surface area contributed by atoms with Gasteiger partial charge < -0.3 is 14.9 Å². The van der Waals surface area contributed by atoms with Crippen LogP contribution in [0.2, 0.25) is 0 Å². The molecule has 0 spiro atoms. The highest BCUT2D eigenvalue weighted by molar-refractivity contribution is 5.92. The molecule has 2 N–H and O–H groups in total. The quantitative estimate of drug-likeness (QED) is 0.871. The molecule has 1 fully saturated rings. The van der Waals surface area contributed by atoms with Crippen LogP contribution in [0.3, 0.4) is 0 Å². The number of rotatable bonds is 5. The van der Waals surface area contributed by atoms with Crippen molar-refractivity contribution >= 4 is 5.91 Å². The van der Waals surface area contributed by atoms with Gasteiger partial charge in [0.1, 0.15) is 5.76 Å². The number of carbonyl (C=O) groups is 1. The fourth-order valence-corrected chi connectivity index (χ4v) is 3.15.